The van der Waals surface area contributed by atoms with Crippen molar-refractivity contribution >= 4 is 11.7 Å². The number of carbonyl (C=O) groups is 1. The zero-order chi connectivity index (χ0) is 15.0. The van der Waals surface area contributed by atoms with E-state index in [2.05, 4.69) is 20.6 Å². The van der Waals surface area contributed by atoms with Gasteiger partial charge in [0.05, 0.1) is 18.4 Å². The fraction of sp³-hybridized carbons (Fsp3) is 0.692. The molecule has 0 saturated heterocycles. The Bertz CT molecular complexity index is 405. The Balaban J connectivity index is 2.31. The Labute approximate surface area is 120 Å². The third-order valence-corrected chi connectivity index (χ3v) is 2.90. The lowest BCUT2D eigenvalue weighted by atomic mass is 10.1. The molecule has 20 heavy (non-hydrogen) atoms. The predicted octanol–water partition coefficient (Wildman–Crippen LogP) is 0.585. The summed E-state index contributed by atoms with van der Waals surface area (Å²) in [4.78, 5) is 13.7. The van der Waals surface area contributed by atoms with Crippen LogP contribution >= 0.6 is 0 Å². The molecular formula is C13H25N5O2. The molecule has 7 heteroatoms. The minimum Gasteiger partial charge on any atom is -0.396 e. The monoisotopic (exact) mass is 283 g/mol. The van der Waals surface area contributed by atoms with E-state index in [4.69, 9.17) is 5.11 Å². The highest BCUT2D eigenvalue weighted by molar-refractivity contribution is 5.88. The number of nitrogens with zero attached hydrogens (tertiary/aromatic N) is 3. The molecule has 1 atom stereocenters. The number of carbonyl (C=O) groups excluding carboxylic acids is 1. The van der Waals surface area contributed by atoms with E-state index in [1.54, 1.807) is 17.1 Å². The van der Waals surface area contributed by atoms with Crippen molar-refractivity contribution in [2.75, 3.05) is 39.1 Å². The van der Waals surface area contributed by atoms with Gasteiger partial charge in [0.25, 0.3) is 0 Å². The second-order valence-corrected chi connectivity index (χ2v) is 5.25. The summed E-state index contributed by atoms with van der Waals surface area (Å²) in [6.07, 6.45) is 4.12. The largest absolute Gasteiger partial charge is 0.396 e. The first-order valence-electron chi connectivity index (χ1n) is 6.84. The van der Waals surface area contributed by atoms with Gasteiger partial charge < -0.3 is 20.6 Å². The number of nitrogens with one attached hydrogen (secondary N) is 2. The molecule has 1 rings (SSSR count). The topological polar surface area (TPSA) is 82.4 Å². The van der Waals surface area contributed by atoms with Crippen LogP contribution in [0.15, 0.2) is 12.4 Å². The van der Waals surface area contributed by atoms with Crippen LogP contribution < -0.4 is 10.6 Å². The number of aliphatic hydroxyl groups is 1. The number of aromatic nitrogens is 2. The average Bonchev–Trinajstić information content (AvgIpc) is 2.82. The van der Waals surface area contributed by atoms with Crippen LogP contribution in [0.25, 0.3) is 0 Å². The van der Waals surface area contributed by atoms with Crippen molar-refractivity contribution in [2.24, 2.45) is 5.92 Å². The quantitative estimate of drug-likeness (QED) is 0.652. The fourth-order valence-electron chi connectivity index (χ4n) is 1.62. The Morgan fingerprint density at radius 1 is 1.55 bits per heavy atom. The molecule has 0 aliphatic carbocycles. The van der Waals surface area contributed by atoms with Gasteiger partial charge in [-0.25, -0.2) is 4.79 Å². The van der Waals surface area contributed by atoms with Crippen LogP contribution in [0.3, 0.4) is 0 Å². The highest BCUT2D eigenvalue weighted by Gasteiger charge is 2.06. The summed E-state index contributed by atoms with van der Waals surface area (Å²) in [5.41, 5.74) is 0.677. The number of amides is 2. The average molecular weight is 283 g/mol. The van der Waals surface area contributed by atoms with Crippen LogP contribution in [0.5, 0.6) is 0 Å². The molecule has 114 valence electrons. The third kappa shape index (κ3) is 6.53. The maximum Gasteiger partial charge on any atom is 0.319 e. The molecule has 0 aromatic carbocycles. The lowest BCUT2D eigenvalue weighted by Crippen LogP contribution is -2.32. The molecule has 0 radical (unpaired) electrons. The molecule has 0 fully saturated rings. The highest BCUT2D eigenvalue weighted by atomic mass is 16.3. The number of aliphatic hydroxyl groups excluding tert-OH is 1. The van der Waals surface area contributed by atoms with Gasteiger partial charge in [-0.1, -0.05) is 6.92 Å². The SMILES string of the molecule is CC(CCO)CNC(=O)Nc1cnn(CCN(C)C)c1. The summed E-state index contributed by atoms with van der Waals surface area (Å²) in [6, 6.07) is -0.248. The normalized spacial score (nSPS) is 12.4. The summed E-state index contributed by atoms with van der Waals surface area (Å²) >= 11 is 0. The van der Waals surface area contributed by atoms with Gasteiger partial charge in [-0.2, -0.15) is 5.10 Å². The van der Waals surface area contributed by atoms with Gasteiger partial charge in [0.1, 0.15) is 0 Å². The van der Waals surface area contributed by atoms with Crippen LogP contribution in [0, 0.1) is 5.92 Å². The molecular weight excluding hydrogens is 258 g/mol. The van der Waals surface area contributed by atoms with Crippen molar-refractivity contribution in [3.8, 4) is 0 Å². The lowest BCUT2D eigenvalue weighted by Gasteiger charge is -2.11. The number of anilines is 1. The van der Waals surface area contributed by atoms with Gasteiger partial charge in [0.15, 0.2) is 0 Å². The van der Waals surface area contributed by atoms with Crippen molar-refractivity contribution in [2.45, 2.75) is 19.9 Å². The first kappa shape index (κ1) is 16.5. The minimum atomic E-state index is -0.248. The standard InChI is InChI=1S/C13H25N5O2/c1-11(4-7-19)8-14-13(20)16-12-9-15-18(10-12)6-5-17(2)3/h9-11,19H,4-8H2,1-3H3,(H2,14,16,20). The van der Waals surface area contributed by atoms with Crippen LogP contribution in [-0.2, 0) is 6.54 Å². The van der Waals surface area contributed by atoms with Crippen molar-refractivity contribution < 1.29 is 9.90 Å². The molecule has 3 N–H and O–H groups in total. The second kappa shape index (κ2) is 8.55. The Kier molecular flexibility index (Phi) is 7.03. The van der Waals surface area contributed by atoms with E-state index in [1.165, 1.54) is 0 Å². The van der Waals surface area contributed by atoms with Gasteiger partial charge in [0.2, 0.25) is 0 Å². The number of hydrogen-bond acceptors (Lipinski definition) is 4. The van der Waals surface area contributed by atoms with Gasteiger partial charge in [-0.05, 0) is 26.4 Å². The van der Waals surface area contributed by atoms with E-state index in [0.717, 1.165) is 13.1 Å². The zero-order valence-electron chi connectivity index (χ0n) is 12.5. The summed E-state index contributed by atoms with van der Waals surface area (Å²) < 4.78 is 1.80. The van der Waals surface area contributed by atoms with Crippen molar-refractivity contribution in [3.05, 3.63) is 12.4 Å². The number of rotatable bonds is 8. The maximum absolute atomic E-state index is 11.7. The van der Waals surface area contributed by atoms with Crippen molar-refractivity contribution in [1.82, 2.24) is 20.0 Å². The Morgan fingerprint density at radius 3 is 2.95 bits per heavy atom. The first-order chi connectivity index (χ1) is 9.51. The van der Waals surface area contributed by atoms with Gasteiger partial charge in [-0.15, -0.1) is 0 Å². The molecule has 0 aliphatic heterocycles. The van der Waals surface area contributed by atoms with Crippen LogP contribution in [-0.4, -0.2) is 59.6 Å². The molecule has 7 nitrogen and oxygen atoms in total. The molecule has 0 saturated carbocycles. The molecule has 1 heterocycles. The molecule has 2 amide bonds. The van der Waals surface area contributed by atoms with Gasteiger partial charge in [-0.3, -0.25) is 4.68 Å². The van der Waals surface area contributed by atoms with Gasteiger partial charge >= 0.3 is 6.03 Å². The lowest BCUT2D eigenvalue weighted by molar-refractivity contribution is 0.243. The fourth-order valence-corrected chi connectivity index (χ4v) is 1.62. The molecule has 0 aliphatic rings. The van der Waals surface area contributed by atoms with Gasteiger partial charge in [0, 0.05) is 25.9 Å². The summed E-state index contributed by atoms with van der Waals surface area (Å²) in [6.45, 7) is 4.34. The van der Waals surface area contributed by atoms with E-state index in [1.807, 2.05) is 21.0 Å². The van der Waals surface area contributed by atoms with Crippen LogP contribution in [0.2, 0.25) is 0 Å². The summed E-state index contributed by atoms with van der Waals surface area (Å²) in [7, 11) is 4.01. The molecule has 1 aromatic rings. The predicted molar refractivity (Wildman–Crippen MR) is 78.7 cm³/mol. The van der Waals surface area contributed by atoms with Crippen LogP contribution in [0.1, 0.15) is 13.3 Å². The summed E-state index contributed by atoms with van der Waals surface area (Å²) in [5, 5.41) is 18.5. The smallest absolute Gasteiger partial charge is 0.319 e. The van der Waals surface area contributed by atoms with Crippen molar-refractivity contribution in [3.63, 3.8) is 0 Å². The van der Waals surface area contributed by atoms with E-state index >= 15 is 0 Å². The third-order valence-electron chi connectivity index (χ3n) is 2.90. The van der Waals surface area contributed by atoms with E-state index in [9.17, 15) is 4.79 Å². The van der Waals surface area contributed by atoms with Crippen LogP contribution in [0.4, 0.5) is 10.5 Å². The number of urea groups is 1. The molecule has 1 aromatic heterocycles. The second-order valence-electron chi connectivity index (χ2n) is 5.25. The first-order valence-corrected chi connectivity index (χ1v) is 6.84. The Hall–Kier alpha value is -1.60. The maximum atomic E-state index is 11.7. The number of hydrogen-bond donors (Lipinski definition) is 3. The van der Waals surface area contributed by atoms with Crippen molar-refractivity contribution in [1.29, 1.82) is 0 Å². The number of likely N-dealkylation sites (N-methyl/N-ethyl adjacent to an activating group) is 1. The van der Waals surface area contributed by atoms with E-state index in [0.29, 0.717) is 18.7 Å². The minimum absolute atomic E-state index is 0.142. The molecule has 0 bridgehead atoms. The zero-order valence-corrected chi connectivity index (χ0v) is 12.5. The van der Waals surface area contributed by atoms with E-state index in [-0.39, 0.29) is 18.6 Å². The molecule has 1 unspecified atom stereocenters. The highest BCUT2D eigenvalue weighted by Crippen LogP contribution is 2.05. The molecule has 0 spiro atoms. The van der Waals surface area contributed by atoms with E-state index < -0.39 is 0 Å². The summed E-state index contributed by atoms with van der Waals surface area (Å²) in [5.74, 6) is 0.258. The Morgan fingerprint density at radius 2 is 2.30 bits per heavy atom.